The van der Waals surface area contributed by atoms with Gasteiger partial charge in [0.05, 0.1) is 13.2 Å². The second kappa shape index (κ2) is 5.02. The van der Waals surface area contributed by atoms with Crippen LogP contribution in [0.3, 0.4) is 0 Å². The average molecular weight is 240 g/mol. The fourth-order valence-corrected chi connectivity index (χ4v) is 1.58. The van der Waals surface area contributed by atoms with Crippen LogP contribution in [-0.4, -0.2) is 31.6 Å². The van der Waals surface area contributed by atoms with Gasteiger partial charge in [0.25, 0.3) is 0 Å². The van der Waals surface area contributed by atoms with Crippen LogP contribution in [0.1, 0.15) is 25.5 Å². The van der Waals surface area contributed by atoms with Crippen molar-refractivity contribution in [3.05, 3.63) is 29.6 Å². The summed E-state index contributed by atoms with van der Waals surface area (Å²) in [6, 6.07) is 4.62. The van der Waals surface area contributed by atoms with Crippen LogP contribution in [0.4, 0.5) is 4.39 Å². The number of likely N-dealkylation sites (N-methyl/N-ethyl adjacent to an activating group) is 1. The van der Waals surface area contributed by atoms with Gasteiger partial charge in [-0.25, -0.2) is 4.39 Å². The molecule has 0 saturated heterocycles. The zero-order valence-electron chi connectivity index (χ0n) is 11.1. The Morgan fingerprint density at radius 1 is 1.35 bits per heavy atom. The van der Waals surface area contributed by atoms with Crippen molar-refractivity contribution in [1.82, 2.24) is 4.90 Å². The molecule has 0 heterocycles. The van der Waals surface area contributed by atoms with Crippen LogP contribution < -0.4 is 10.5 Å². The molecule has 1 aromatic carbocycles. The minimum absolute atomic E-state index is 0.229. The molecule has 0 bridgehead atoms. The molecule has 0 aromatic heterocycles. The number of hydrogen-bond donors (Lipinski definition) is 1. The van der Waals surface area contributed by atoms with Gasteiger partial charge in [0, 0.05) is 11.1 Å². The molecular formula is C13H21FN2O. The molecule has 17 heavy (non-hydrogen) atoms. The SMILES string of the molecule is COc1cccc(C(N)C(C)(C)N(C)C)c1F. The molecule has 0 aliphatic heterocycles. The van der Waals surface area contributed by atoms with E-state index in [0.717, 1.165) is 0 Å². The van der Waals surface area contributed by atoms with E-state index in [-0.39, 0.29) is 17.1 Å². The quantitative estimate of drug-likeness (QED) is 0.876. The van der Waals surface area contributed by atoms with Crippen LogP contribution in [0.5, 0.6) is 5.75 Å². The van der Waals surface area contributed by atoms with E-state index < -0.39 is 6.04 Å². The summed E-state index contributed by atoms with van der Waals surface area (Å²) in [5.74, 6) is -0.148. The average Bonchev–Trinajstić information content (AvgIpc) is 2.28. The Balaban J connectivity index is 3.17. The molecule has 3 nitrogen and oxygen atoms in total. The Bertz CT molecular complexity index is 391. The van der Waals surface area contributed by atoms with Crippen molar-refractivity contribution < 1.29 is 9.13 Å². The number of methoxy groups -OCH3 is 1. The Morgan fingerprint density at radius 2 is 1.94 bits per heavy atom. The normalized spacial score (nSPS) is 13.9. The van der Waals surface area contributed by atoms with E-state index in [9.17, 15) is 4.39 Å². The Kier molecular flexibility index (Phi) is 4.11. The van der Waals surface area contributed by atoms with Crippen LogP contribution in [0, 0.1) is 5.82 Å². The van der Waals surface area contributed by atoms with Crippen LogP contribution in [-0.2, 0) is 0 Å². The first-order chi connectivity index (χ1) is 7.82. The van der Waals surface area contributed by atoms with Crippen molar-refractivity contribution in [3.8, 4) is 5.75 Å². The fourth-order valence-electron chi connectivity index (χ4n) is 1.58. The van der Waals surface area contributed by atoms with Gasteiger partial charge in [-0.2, -0.15) is 0 Å². The first-order valence-corrected chi connectivity index (χ1v) is 5.57. The molecule has 96 valence electrons. The van der Waals surface area contributed by atoms with Gasteiger partial charge in [-0.15, -0.1) is 0 Å². The molecule has 0 saturated carbocycles. The lowest BCUT2D eigenvalue weighted by molar-refractivity contribution is 0.156. The van der Waals surface area contributed by atoms with Crippen LogP contribution >= 0.6 is 0 Å². The largest absolute Gasteiger partial charge is 0.494 e. The smallest absolute Gasteiger partial charge is 0.169 e. The monoisotopic (exact) mass is 240 g/mol. The van der Waals surface area contributed by atoms with E-state index >= 15 is 0 Å². The highest BCUT2D eigenvalue weighted by molar-refractivity contribution is 5.34. The van der Waals surface area contributed by atoms with Gasteiger partial charge < -0.3 is 15.4 Å². The van der Waals surface area contributed by atoms with Crippen molar-refractivity contribution in [1.29, 1.82) is 0 Å². The lowest BCUT2D eigenvalue weighted by atomic mass is 9.88. The molecular weight excluding hydrogens is 219 g/mol. The standard InChI is InChI=1S/C13H21FN2O/c1-13(2,16(3)4)12(15)9-7-6-8-10(17-5)11(9)14/h6-8,12H,15H2,1-5H3. The molecule has 2 N–H and O–H groups in total. The second-order valence-corrected chi connectivity index (χ2v) is 4.89. The van der Waals surface area contributed by atoms with E-state index in [4.69, 9.17) is 10.5 Å². The molecule has 1 atom stereocenters. The number of halogens is 1. The van der Waals surface area contributed by atoms with Crippen molar-refractivity contribution in [3.63, 3.8) is 0 Å². The van der Waals surface area contributed by atoms with E-state index in [1.54, 1.807) is 18.2 Å². The van der Waals surface area contributed by atoms with Crippen molar-refractivity contribution in [2.45, 2.75) is 25.4 Å². The summed E-state index contributed by atoms with van der Waals surface area (Å²) < 4.78 is 19.1. The second-order valence-electron chi connectivity index (χ2n) is 4.89. The minimum Gasteiger partial charge on any atom is -0.494 e. The van der Waals surface area contributed by atoms with E-state index in [1.165, 1.54) is 7.11 Å². The Hall–Kier alpha value is -1.13. The molecule has 0 radical (unpaired) electrons. The maximum atomic E-state index is 14.1. The van der Waals surface area contributed by atoms with Crippen molar-refractivity contribution in [2.75, 3.05) is 21.2 Å². The van der Waals surface area contributed by atoms with E-state index in [0.29, 0.717) is 5.56 Å². The zero-order valence-corrected chi connectivity index (χ0v) is 11.1. The van der Waals surface area contributed by atoms with Gasteiger partial charge in [-0.3, -0.25) is 0 Å². The van der Waals surface area contributed by atoms with Gasteiger partial charge in [0.1, 0.15) is 0 Å². The molecule has 1 rings (SSSR count). The molecule has 0 aliphatic carbocycles. The van der Waals surface area contributed by atoms with Gasteiger partial charge in [-0.1, -0.05) is 12.1 Å². The molecule has 1 unspecified atom stereocenters. The van der Waals surface area contributed by atoms with Gasteiger partial charge in [0.2, 0.25) is 0 Å². The molecule has 0 amide bonds. The Labute approximate surface area is 102 Å². The van der Waals surface area contributed by atoms with Gasteiger partial charge in [0.15, 0.2) is 11.6 Å². The highest BCUT2D eigenvalue weighted by Crippen LogP contribution is 2.31. The highest BCUT2D eigenvalue weighted by Gasteiger charge is 2.32. The predicted molar refractivity (Wildman–Crippen MR) is 67.6 cm³/mol. The zero-order chi connectivity index (χ0) is 13.2. The van der Waals surface area contributed by atoms with E-state index in [2.05, 4.69) is 0 Å². The maximum absolute atomic E-state index is 14.1. The first-order valence-electron chi connectivity index (χ1n) is 5.57. The molecule has 0 fully saturated rings. The number of benzene rings is 1. The molecule has 0 aliphatic rings. The third-order valence-corrected chi connectivity index (χ3v) is 3.46. The summed E-state index contributed by atoms with van der Waals surface area (Å²) in [6.45, 7) is 3.97. The third kappa shape index (κ3) is 2.58. The predicted octanol–water partition coefficient (Wildman–Crippen LogP) is 2.17. The molecule has 0 spiro atoms. The number of hydrogen-bond acceptors (Lipinski definition) is 3. The summed E-state index contributed by atoms with van der Waals surface area (Å²) in [5.41, 5.74) is 6.30. The minimum atomic E-state index is -0.424. The summed E-state index contributed by atoms with van der Waals surface area (Å²) in [5, 5.41) is 0. The number of nitrogens with two attached hydrogens (primary N) is 1. The van der Waals surface area contributed by atoms with Gasteiger partial charge >= 0.3 is 0 Å². The van der Waals surface area contributed by atoms with Gasteiger partial charge in [-0.05, 0) is 34.0 Å². The topological polar surface area (TPSA) is 38.5 Å². The summed E-state index contributed by atoms with van der Waals surface area (Å²) >= 11 is 0. The fraction of sp³-hybridized carbons (Fsp3) is 0.538. The third-order valence-electron chi connectivity index (χ3n) is 3.46. The summed E-state index contributed by atoms with van der Waals surface area (Å²) in [4.78, 5) is 1.98. The first kappa shape index (κ1) is 13.9. The summed E-state index contributed by atoms with van der Waals surface area (Å²) in [6.07, 6.45) is 0. The van der Waals surface area contributed by atoms with Crippen molar-refractivity contribution >= 4 is 0 Å². The highest BCUT2D eigenvalue weighted by atomic mass is 19.1. The lowest BCUT2D eigenvalue weighted by Crippen LogP contribution is -2.47. The molecule has 1 aromatic rings. The summed E-state index contributed by atoms with van der Waals surface area (Å²) in [7, 11) is 5.31. The Morgan fingerprint density at radius 3 is 2.41 bits per heavy atom. The van der Waals surface area contributed by atoms with E-state index in [1.807, 2.05) is 32.8 Å². The van der Waals surface area contributed by atoms with Crippen LogP contribution in [0.2, 0.25) is 0 Å². The maximum Gasteiger partial charge on any atom is 0.169 e. The number of ether oxygens (including phenoxy) is 1. The number of rotatable bonds is 4. The lowest BCUT2D eigenvalue weighted by Gasteiger charge is -2.38. The van der Waals surface area contributed by atoms with Crippen molar-refractivity contribution in [2.24, 2.45) is 5.73 Å². The van der Waals surface area contributed by atoms with Crippen LogP contribution in [0.15, 0.2) is 18.2 Å². The number of nitrogens with zero attached hydrogens (tertiary/aromatic N) is 1. The van der Waals surface area contributed by atoms with Crippen LogP contribution in [0.25, 0.3) is 0 Å². The molecule has 4 heteroatoms.